The van der Waals surface area contributed by atoms with Crippen molar-refractivity contribution in [3.63, 3.8) is 0 Å². The Labute approximate surface area is 303 Å². The number of benzene rings is 5. The number of hydrogen-bond acceptors (Lipinski definition) is 9. The fourth-order valence-corrected chi connectivity index (χ4v) is 7.41. The maximum Gasteiger partial charge on any atom is 0.338 e. The molecule has 1 aliphatic rings. The first-order valence-electron chi connectivity index (χ1n) is 16.6. The van der Waals surface area contributed by atoms with Crippen LogP contribution in [0.25, 0.3) is 22.5 Å². The second-order valence-electron chi connectivity index (χ2n) is 11.8. The molecule has 1 aromatic heterocycles. The number of thiazole rings is 1. The zero-order valence-electron chi connectivity index (χ0n) is 28.7. The van der Waals surface area contributed by atoms with Gasteiger partial charge < -0.3 is 18.9 Å². The van der Waals surface area contributed by atoms with E-state index in [1.54, 1.807) is 50.0 Å². The van der Waals surface area contributed by atoms with Crippen LogP contribution >= 0.6 is 11.3 Å². The lowest BCUT2D eigenvalue weighted by Gasteiger charge is -2.28. The van der Waals surface area contributed by atoms with E-state index < -0.39 is 12.0 Å². The number of aromatic nitrogens is 1. The van der Waals surface area contributed by atoms with Crippen LogP contribution in [0, 0.1) is 11.3 Å². The molecule has 0 amide bonds. The maximum atomic E-state index is 14.6. The van der Waals surface area contributed by atoms with Gasteiger partial charge in [0.25, 0.3) is 5.56 Å². The quantitative estimate of drug-likeness (QED) is 0.148. The van der Waals surface area contributed by atoms with Crippen LogP contribution in [0.4, 0.5) is 0 Å². The normalized spacial score (nSPS) is 14.0. The summed E-state index contributed by atoms with van der Waals surface area (Å²) in [6.07, 6.45) is 1.77. The van der Waals surface area contributed by atoms with Crippen molar-refractivity contribution in [2.75, 3.05) is 20.8 Å². The van der Waals surface area contributed by atoms with Crippen molar-refractivity contribution < 1.29 is 23.7 Å². The highest BCUT2D eigenvalue weighted by molar-refractivity contribution is 7.07. The second kappa shape index (κ2) is 14.8. The third-order valence-electron chi connectivity index (χ3n) is 8.80. The zero-order valence-corrected chi connectivity index (χ0v) is 29.5. The van der Waals surface area contributed by atoms with Crippen molar-refractivity contribution in [2.45, 2.75) is 19.6 Å². The van der Waals surface area contributed by atoms with Gasteiger partial charge in [-0.25, -0.2) is 9.79 Å². The molecule has 0 radical (unpaired) electrons. The summed E-state index contributed by atoms with van der Waals surface area (Å²) in [6, 6.07) is 35.0. The van der Waals surface area contributed by atoms with Gasteiger partial charge in [-0.1, -0.05) is 96.3 Å². The van der Waals surface area contributed by atoms with Gasteiger partial charge in [0.2, 0.25) is 0 Å². The molecule has 6 aromatic rings. The molecular weight excluding hydrogens is 675 g/mol. The highest BCUT2D eigenvalue weighted by Crippen LogP contribution is 2.42. The Bertz CT molecular complexity index is 2580. The Kier molecular flexibility index (Phi) is 9.69. The molecule has 1 atom stereocenters. The monoisotopic (exact) mass is 707 g/mol. The molecule has 258 valence electrons. The second-order valence-corrected chi connectivity index (χ2v) is 12.8. The summed E-state index contributed by atoms with van der Waals surface area (Å²) in [5.41, 5.74) is 3.69. The topological polar surface area (TPSA) is 112 Å². The molecule has 7 rings (SSSR count). The van der Waals surface area contributed by atoms with Gasteiger partial charge in [-0.15, -0.1) is 0 Å². The highest BCUT2D eigenvalue weighted by Gasteiger charge is 2.37. The molecular formula is C42H33N3O6S. The van der Waals surface area contributed by atoms with E-state index in [1.165, 1.54) is 11.3 Å². The lowest BCUT2D eigenvalue weighted by molar-refractivity contribution is -0.138. The predicted octanol–water partition coefficient (Wildman–Crippen LogP) is 6.56. The number of fused-ring (bicyclic) bond motifs is 2. The third-order valence-corrected chi connectivity index (χ3v) is 9.79. The molecule has 10 heteroatoms. The van der Waals surface area contributed by atoms with Crippen LogP contribution in [0.1, 0.15) is 40.8 Å². The number of methoxy groups -OCH3 is 2. The number of hydrogen-bond donors (Lipinski definition) is 0. The van der Waals surface area contributed by atoms with Gasteiger partial charge in [0, 0.05) is 16.7 Å². The Balaban J connectivity index is 1.41. The van der Waals surface area contributed by atoms with Crippen LogP contribution in [-0.4, -0.2) is 31.4 Å². The Morgan fingerprint density at radius 1 is 0.904 bits per heavy atom. The number of carbonyl (C=O) groups excluding carboxylic acids is 1. The van der Waals surface area contributed by atoms with Crippen LogP contribution in [-0.2, 0) is 16.1 Å². The van der Waals surface area contributed by atoms with Crippen molar-refractivity contribution >= 4 is 39.9 Å². The minimum absolute atomic E-state index is 0.139. The number of carbonyl (C=O) groups is 1. The summed E-state index contributed by atoms with van der Waals surface area (Å²) in [6.45, 7) is 2.07. The van der Waals surface area contributed by atoms with Crippen molar-refractivity contribution in [3.05, 3.63) is 162 Å². The number of nitriles is 1. The molecule has 2 heterocycles. The lowest BCUT2D eigenvalue weighted by atomic mass is 9.89. The Morgan fingerprint density at radius 3 is 2.40 bits per heavy atom. The number of ether oxygens (including phenoxy) is 4. The van der Waals surface area contributed by atoms with Gasteiger partial charge in [0.15, 0.2) is 16.3 Å². The van der Waals surface area contributed by atoms with Gasteiger partial charge in [-0.2, -0.15) is 5.26 Å². The molecule has 0 saturated carbocycles. The van der Waals surface area contributed by atoms with Gasteiger partial charge in [-0.05, 0) is 53.6 Å². The molecule has 0 unspecified atom stereocenters. The molecule has 0 spiro atoms. The van der Waals surface area contributed by atoms with Crippen molar-refractivity contribution in [2.24, 2.45) is 4.99 Å². The number of nitrogens with zero attached hydrogens (tertiary/aromatic N) is 3. The first-order valence-corrected chi connectivity index (χ1v) is 17.4. The summed E-state index contributed by atoms with van der Waals surface area (Å²) in [5.74, 6) is 0.901. The van der Waals surface area contributed by atoms with Crippen LogP contribution in [0.5, 0.6) is 17.2 Å². The summed E-state index contributed by atoms with van der Waals surface area (Å²) >= 11 is 1.23. The minimum atomic E-state index is -0.921. The van der Waals surface area contributed by atoms with E-state index >= 15 is 0 Å². The van der Waals surface area contributed by atoms with E-state index in [0.29, 0.717) is 54.5 Å². The molecule has 0 aliphatic carbocycles. The minimum Gasteiger partial charge on any atom is -0.496 e. The molecule has 9 nitrogen and oxygen atoms in total. The van der Waals surface area contributed by atoms with E-state index in [-0.39, 0.29) is 24.3 Å². The molecule has 0 saturated heterocycles. The summed E-state index contributed by atoms with van der Waals surface area (Å²) in [7, 11) is 3.12. The largest absolute Gasteiger partial charge is 0.496 e. The average molecular weight is 708 g/mol. The smallest absolute Gasteiger partial charge is 0.338 e. The van der Waals surface area contributed by atoms with Crippen LogP contribution in [0.15, 0.2) is 125 Å². The third kappa shape index (κ3) is 6.34. The van der Waals surface area contributed by atoms with E-state index in [1.807, 2.05) is 91.0 Å². The SMILES string of the molecule is CCOC(=O)C1=C(c2ccccc2)N=c2s/c(=C/c3ccc(OCc4ccccc4C#N)c(OC)c3)c(=O)n2[C@H]1c1c(OC)ccc2ccccc12. The van der Waals surface area contributed by atoms with Gasteiger partial charge >= 0.3 is 5.97 Å². The average Bonchev–Trinajstić information content (AvgIpc) is 3.50. The number of rotatable bonds is 10. The lowest BCUT2D eigenvalue weighted by Crippen LogP contribution is -2.40. The standard InChI is InChI=1S/C42H33N3O6S/c1-4-50-41(47)37-38(28-13-6-5-7-14-28)44-42-45(39(37)36-31-17-11-10-12-27(31)19-21-33(36)48-2)40(46)35(52-42)23-26-18-20-32(34(22-26)49-3)51-25-30-16-9-8-15-29(30)24-43/h5-23,39H,4,25H2,1-3H3/b35-23+/t39-/m0/s1. The van der Waals surface area contributed by atoms with Crippen molar-refractivity contribution in [1.82, 2.24) is 4.57 Å². The summed E-state index contributed by atoms with van der Waals surface area (Å²) in [5, 5.41) is 11.2. The first kappa shape index (κ1) is 34.0. The molecule has 5 aromatic carbocycles. The first-order chi connectivity index (χ1) is 25.4. The molecule has 52 heavy (non-hydrogen) atoms. The van der Waals surface area contributed by atoms with E-state index in [2.05, 4.69) is 6.07 Å². The molecule has 1 aliphatic heterocycles. The fourth-order valence-electron chi connectivity index (χ4n) is 6.40. The summed E-state index contributed by atoms with van der Waals surface area (Å²) < 4.78 is 25.3. The van der Waals surface area contributed by atoms with Crippen LogP contribution < -0.4 is 29.1 Å². The predicted molar refractivity (Wildman–Crippen MR) is 200 cm³/mol. The van der Waals surface area contributed by atoms with Crippen molar-refractivity contribution in [3.8, 4) is 23.3 Å². The van der Waals surface area contributed by atoms with Crippen LogP contribution in [0.2, 0.25) is 0 Å². The highest BCUT2D eigenvalue weighted by atomic mass is 32.1. The van der Waals surface area contributed by atoms with E-state index in [9.17, 15) is 14.9 Å². The van der Waals surface area contributed by atoms with Gasteiger partial charge in [0.1, 0.15) is 18.4 Å². The Hall–Kier alpha value is -6.44. The fraction of sp³-hybridized carbons (Fsp3) is 0.143. The summed E-state index contributed by atoms with van der Waals surface area (Å²) in [4.78, 5) is 34.1. The van der Waals surface area contributed by atoms with Crippen LogP contribution in [0.3, 0.4) is 0 Å². The van der Waals surface area contributed by atoms with E-state index in [0.717, 1.165) is 16.3 Å². The van der Waals surface area contributed by atoms with Gasteiger partial charge in [0.05, 0.1) is 48.3 Å². The van der Waals surface area contributed by atoms with E-state index in [4.69, 9.17) is 23.9 Å². The maximum absolute atomic E-state index is 14.6. The Morgan fingerprint density at radius 2 is 1.63 bits per heavy atom. The molecule has 0 fully saturated rings. The zero-order chi connectivity index (χ0) is 36.2. The van der Waals surface area contributed by atoms with Gasteiger partial charge in [-0.3, -0.25) is 9.36 Å². The molecule has 0 bridgehead atoms. The number of esters is 1. The van der Waals surface area contributed by atoms with Crippen molar-refractivity contribution in [1.29, 1.82) is 5.26 Å². The molecule has 0 N–H and O–H groups in total.